The Bertz CT molecular complexity index is 291. The predicted molar refractivity (Wildman–Crippen MR) is 67.7 cm³/mol. The van der Waals surface area contributed by atoms with Crippen molar-refractivity contribution in [2.75, 3.05) is 33.4 Å². The summed E-state index contributed by atoms with van der Waals surface area (Å²) in [5.74, 6) is 0. The van der Waals surface area contributed by atoms with Crippen LogP contribution in [0.25, 0.3) is 0 Å². The Morgan fingerprint density at radius 1 is 1.56 bits per heavy atom. The molecule has 0 fully saturated rings. The number of thiazole rings is 1. The Balaban J connectivity index is 2.28. The molecule has 1 heterocycles. The van der Waals surface area contributed by atoms with Crippen molar-refractivity contribution in [3.8, 4) is 0 Å². The van der Waals surface area contributed by atoms with Crippen LogP contribution in [0, 0.1) is 0 Å². The average Bonchev–Trinajstić information content (AvgIpc) is 2.66. The first-order valence-corrected chi connectivity index (χ1v) is 6.53. The number of nitrogens with two attached hydrogens (primary N) is 1. The average molecular weight is 243 g/mol. The monoisotopic (exact) mass is 243 g/mol. The van der Waals surface area contributed by atoms with Crippen LogP contribution < -0.4 is 5.73 Å². The van der Waals surface area contributed by atoms with E-state index in [1.807, 2.05) is 6.92 Å². The van der Waals surface area contributed by atoms with Gasteiger partial charge in [0.1, 0.15) is 0 Å². The second-order valence-electron chi connectivity index (χ2n) is 3.71. The molecule has 0 radical (unpaired) electrons. The van der Waals surface area contributed by atoms with E-state index in [1.165, 1.54) is 0 Å². The van der Waals surface area contributed by atoms with Crippen LogP contribution in [0.2, 0.25) is 0 Å². The molecule has 0 saturated heterocycles. The van der Waals surface area contributed by atoms with Crippen LogP contribution in [0.4, 0.5) is 0 Å². The van der Waals surface area contributed by atoms with Gasteiger partial charge in [-0.3, -0.25) is 4.90 Å². The molecule has 0 unspecified atom stereocenters. The van der Waals surface area contributed by atoms with Crippen LogP contribution in [-0.4, -0.2) is 43.2 Å². The third-order valence-electron chi connectivity index (χ3n) is 2.21. The lowest BCUT2D eigenvalue weighted by Crippen LogP contribution is -2.23. The summed E-state index contributed by atoms with van der Waals surface area (Å²) in [7, 11) is 2.08. The molecular formula is C11H21N3OS. The highest BCUT2D eigenvalue weighted by Crippen LogP contribution is 2.11. The van der Waals surface area contributed by atoms with Crippen LogP contribution in [-0.2, 0) is 17.7 Å². The fourth-order valence-corrected chi connectivity index (χ4v) is 2.19. The fourth-order valence-electron chi connectivity index (χ4n) is 1.38. The summed E-state index contributed by atoms with van der Waals surface area (Å²) >= 11 is 1.70. The van der Waals surface area contributed by atoms with E-state index >= 15 is 0 Å². The van der Waals surface area contributed by atoms with Crippen molar-refractivity contribution in [1.29, 1.82) is 0 Å². The van der Waals surface area contributed by atoms with Crippen molar-refractivity contribution in [3.63, 3.8) is 0 Å². The van der Waals surface area contributed by atoms with Crippen molar-refractivity contribution in [2.45, 2.75) is 19.9 Å². The molecule has 0 amide bonds. The third kappa shape index (κ3) is 5.03. The third-order valence-corrected chi connectivity index (χ3v) is 3.17. The summed E-state index contributed by atoms with van der Waals surface area (Å²) in [4.78, 5) is 6.74. The van der Waals surface area contributed by atoms with Crippen LogP contribution in [0.1, 0.15) is 17.6 Å². The normalized spacial score (nSPS) is 11.2. The topological polar surface area (TPSA) is 51.4 Å². The van der Waals surface area contributed by atoms with Gasteiger partial charge in [-0.05, 0) is 20.5 Å². The van der Waals surface area contributed by atoms with E-state index in [0.29, 0.717) is 6.54 Å². The van der Waals surface area contributed by atoms with Gasteiger partial charge in [-0.25, -0.2) is 4.98 Å². The van der Waals surface area contributed by atoms with E-state index in [9.17, 15) is 0 Å². The van der Waals surface area contributed by atoms with Crippen molar-refractivity contribution >= 4 is 11.3 Å². The summed E-state index contributed by atoms with van der Waals surface area (Å²) in [6.45, 7) is 6.08. The van der Waals surface area contributed by atoms with Crippen molar-refractivity contribution in [3.05, 3.63) is 16.1 Å². The maximum absolute atomic E-state index is 5.49. The van der Waals surface area contributed by atoms with E-state index in [2.05, 4.69) is 22.3 Å². The van der Waals surface area contributed by atoms with E-state index in [-0.39, 0.29) is 0 Å². The number of hydrogen-bond acceptors (Lipinski definition) is 5. The molecule has 5 heteroatoms. The Morgan fingerprint density at radius 3 is 3.06 bits per heavy atom. The molecular weight excluding hydrogens is 222 g/mol. The van der Waals surface area contributed by atoms with Gasteiger partial charge in [-0.1, -0.05) is 0 Å². The quantitative estimate of drug-likeness (QED) is 0.695. The number of ether oxygens (including phenoxy) is 1. The van der Waals surface area contributed by atoms with Gasteiger partial charge in [-0.2, -0.15) is 0 Å². The van der Waals surface area contributed by atoms with Gasteiger partial charge >= 0.3 is 0 Å². The molecule has 0 aliphatic heterocycles. The van der Waals surface area contributed by atoms with Crippen LogP contribution >= 0.6 is 11.3 Å². The maximum atomic E-state index is 5.49. The highest BCUT2D eigenvalue weighted by molar-refractivity contribution is 7.09. The van der Waals surface area contributed by atoms with Gasteiger partial charge in [0.25, 0.3) is 0 Å². The molecule has 1 rings (SSSR count). The first-order chi connectivity index (χ1) is 7.76. The standard InChI is InChI=1S/C11H21N3OS/c1-3-15-7-6-14(2)8-10-9-16-11(13-10)4-5-12/h9H,3-8,12H2,1-2H3. The Kier molecular flexibility index (Phi) is 6.56. The number of aromatic nitrogens is 1. The molecule has 4 nitrogen and oxygen atoms in total. The summed E-state index contributed by atoms with van der Waals surface area (Å²) in [5.41, 5.74) is 6.62. The molecule has 0 aliphatic rings. The Morgan fingerprint density at radius 2 is 2.38 bits per heavy atom. The highest BCUT2D eigenvalue weighted by Gasteiger charge is 2.04. The minimum Gasteiger partial charge on any atom is -0.380 e. The van der Waals surface area contributed by atoms with Gasteiger partial charge < -0.3 is 10.5 Å². The summed E-state index contributed by atoms with van der Waals surface area (Å²) in [5, 5.41) is 3.25. The van der Waals surface area contributed by atoms with E-state index < -0.39 is 0 Å². The van der Waals surface area contributed by atoms with Gasteiger partial charge in [0.15, 0.2) is 0 Å². The first-order valence-electron chi connectivity index (χ1n) is 5.66. The van der Waals surface area contributed by atoms with Crippen LogP contribution in [0.3, 0.4) is 0 Å². The number of likely N-dealkylation sites (N-methyl/N-ethyl adjacent to an activating group) is 1. The molecule has 0 bridgehead atoms. The number of nitrogens with zero attached hydrogens (tertiary/aromatic N) is 2. The smallest absolute Gasteiger partial charge is 0.0941 e. The number of rotatable bonds is 8. The SMILES string of the molecule is CCOCCN(C)Cc1csc(CCN)n1. The molecule has 0 atom stereocenters. The Hall–Kier alpha value is -0.490. The highest BCUT2D eigenvalue weighted by atomic mass is 32.1. The van der Waals surface area contributed by atoms with Crippen molar-refractivity contribution in [1.82, 2.24) is 9.88 Å². The Labute approximate surface area is 101 Å². The summed E-state index contributed by atoms with van der Waals surface area (Å²) < 4.78 is 5.31. The maximum Gasteiger partial charge on any atom is 0.0941 e. The molecule has 0 spiro atoms. The molecule has 16 heavy (non-hydrogen) atoms. The lowest BCUT2D eigenvalue weighted by Gasteiger charge is -2.14. The van der Waals surface area contributed by atoms with E-state index in [0.717, 1.165) is 43.4 Å². The second-order valence-corrected chi connectivity index (χ2v) is 4.65. The van der Waals surface area contributed by atoms with E-state index in [1.54, 1.807) is 11.3 Å². The minimum atomic E-state index is 0.674. The van der Waals surface area contributed by atoms with Crippen LogP contribution in [0.5, 0.6) is 0 Å². The largest absolute Gasteiger partial charge is 0.380 e. The molecule has 0 aromatic carbocycles. The summed E-state index contributed by atoms with van der Waals surface area (Å²) in [6, 6.07) is 0. The fraction of sp³-hybridized carbons (Fsp3) is 0.727. The van der Waals surface area contributed by atoms with Gasteiger partial charge in [0.05, 0.1) is 17.3 Å². The first kappa shape index (κ1) is 13.6. The lowest BCUT2D eigenvalue weighted by atomic mass is 10.4. The number of hydrogen-bond donors (Lipinski definition) is 1. The van der Waals surface area contributed by atoms with Crippen LogP contribution in [0.15, 0.2) is 5.38 Å². The molecule has 0 saturated carbocycles. The zero-order chi connectivity index (χ0) is 11.8. The van der Waals surface area contributed by atoms with E-state index in [4.69, 9.17) is 10.5 Å². The van der Waals surface area contributed by atoms with Gasteiger partial charge in [0, 0.05) is 31.5 Å². The molecule has 0 aliphatic carbocycles. The summed E-state index contributed by atoms with van der Waals surface area (Å²) in [6.07, 6.45) is 0.882. The molecule has 92 valence electrons. The van der Waals surface area contributed by atoms with Crippen molar-refractivity contribution < 1.29 is 4.74 Å². The van der Waals surface area contributed by atoms with Gasteiger partial charge in [0.2, 0.25) is 0 Å². The minimum absolute atomic E-state index is 0.674. The zero-order valence-corrected chi connectivity index (χ0v) is 10.9. The van der Waals surface area contributed by atoms with Crippen molar-refractivity contribution in [2.24, 2.45) is 5.73 Å². The van der Waals surface area contributed by atoms with Gasteiger partial charge in [-0.15, -0.1) is 11.3 Å². The molecule has 1 aromatic heterocycles. The molecule has 2 N–H and O–H groups in total. The molecule has 1 aromatic rings. The second kappa shape index (κ2) is 7.73. The lowest BCUT2D eigenvalue weighted by molar-refractivity contribution is 0.120. The zero-order valence-electron chi connectivity index (χ0n) is 10.1. The predicted octanol–water partition coefficient (Wildman–Crippen LogP) is 1.11.